The van der Waals surface area contributed by atoms with Crippen LogP contribution >= 0.6 is 11.3 Å². The van der Waals surface area contributed by atoms with E-state index in [4.69, 9.17) is 0 Å². The Kier molecular flexibility index (Phi) is 4.96. The van der Waals surface area contributed by atoms with Gasteiger partial charge in [0, 0.05) is 22.2 Å². The van der Waals surface area contributed by atoms with E-state index in [2.05, 4.69) is 15.6 Å². The Balaban J connectivity index is 1.93. The molecule has 0 aliphatic carbocycles. The minimum Gasteiger partial charge on any atom is -0.380 e. The molecule has 1 aromatic carbocycles. The Morgan fingerprint density at radius 1 is 1.19 bits per heavy atom. The second-order valence-electron chi connectivity index (χ2n) is 5.32. The number of aryl methyl sites for hydroxylation is 2. The predicted molar refractivity (Wildman–Crippen MR) is 88.8 cm³/mol. The highest BCUT2D eigenvalue weighted by atomic mass is 32.1. The number of anilines is 2. The first-order chi connectivity index (χ1) is 9.95. The van der Waals surface area contributed by atoms with Gasteiger partial charge in [0.2, 0.25) is 5.91 Å². The number of hydrogen-bond donors (Lipinski definition) is 2. The lowest BCUT2D eigenvalue weighted by Gasteiger charge is -2.09. The van der Waals surface area contributed by atoms with E-state index in [-0.39, 0.29) is 11.8 Å². The van der Waals surface area contributed by atoms with Crippen LogP contribution in [0.5, 0.6) is 0 Å². The summed E-state index contributed by atoms with van der Waals surface area (Å²) in [6.07, 6.45) is 0. The third kappa shape index (κ3) is 4.29. The number of aromatic nitrogens is 1. The molecular weight excluding hydrogens is 282 g/mol. The molecule has 0 spiro atoms. The smallest absolute Gasteiger partial charge is 0.226 e. The number of amides is 1. The number of rotatable bonds is 5. The molecule has 0 radical (unpaired) electrons. The van der Waals surface area contributed by atoms with Crippen molar-refractivity contribution in [2.24, 2.45) is 5.92 Å². The third-order valence-corrected chi connectivity index (χ3v) is 4.20. The highest BCUT2D eigenvalue weighted by molar-refractivity contribution is 7.11. The summed E-state index contributed by atoms with van der Waals surface area (Å²) < 4.78 is 0. The lowest BCUT2D eigenvalue weighted by molar-refractivity contribution is -0.118. The van der Waals surface area contributed by atoms with Gasteiger partial charge in [-0.15, -0.1) is 11.3 Å². The predicted octanol–water partition coefficient (Wildman–Crippen LogP) is 3.97. The second kappa shape index (κ2) is 6.72. The van der Waals surface area contributed by atoms with Crippen molar-refractivity contribution in [2.75, 3.05) is 10.6 Å². The van der Waals surface area contributed by atoms with Gasteiger partial charge in [0.15, 0.2) is 0 Å². The molecule has 4 nitrogen and oxygen atoms in total. The van der Waals surface area contributed by atoms with Crippen LogP contribution in [0.15, 0.2) is 24.3 Å². The maximum absolute atomic E-state index is 11.6. The summed E-state index contributed by atoms with van der Waals surface area (Å²) in [7, 11) is 0. The SMILES string of the molecule is Cc1nc(C)c(CNc2ccc(NC(=O)C(C)C)cc2)s1. The van der Waals surface area contributed by atoms with Crippen LogP contribution in [0.2, 0.25) is 0 Å². The van der Waals surface area contributed by atoms with Gasteiger partial charge < -0.3 is 10.6 Å². The molecule has 0 aliphatic rings. The number of carbonyl (C=O) groups excluding carboxylic acids is 1. The van der Waals surface area contributed by atoms with Crippen molar-refractivity contribution in [3.05, 3.63) is 39.8 Å². The molecule has 2 rings (SSSR count). The highest BCUT2D eigenvalue weighted by Crippen LogP contribution is 2.20. The minimum atomic E-state index is -0.0136. The van der Waals surface area contributed by atoms with E-state index in [0.717, 1.165) is 28.6 Å². The van der Waals surface area contributed by atoms with Crippen molar-refractivity contribution in [2.45, 2.75) is 34.2 Å². The van der Waals surface area contributed by atoms with Crippen molar-refractivity contribution < 1.29 is 4.79 Å². The minimum absolute atomic E-state index is 0.0136. The van der Waals surface area contributed by atoms with E-state index >= 15 is 0 Å². The Morgan fingerprint density at radius 3 is 2.33 bits per heavy atom. The van der Waals surface area contributed by atoms with Crippen LogP contribution in [0, 0.1) is 19.8 Å². The van der Waals surface area contributed by atoms with Gasteiger partial charge in [-0.05, 0) is 38.1 Å². The summed E-state index contributed by atoms with van der Waals surface area (Å²) in [4.78, 5) is 17.3. The highest BCUT2D eigenvalue weighted by Gasteiger charge is 2.07. The Hall–Kier alpha value is -1.88. The van der Waals surface area contributed by atoms with Crippen LogP contribution < -0.4 is 10.6 Å². The van der Waals surface area contributed by atoms with Crippen molar-refractivity contribution in [3.8, 4) is 0 Å². The molecule has 0 aliphatic heterocycles. The summed E-state index contributed by atoms with van der Waals surface area (Å²) in [5.41, 5.74) is 2.94. The Labute approximate surface area is 129 Å². The number of benzene rings is 1. The van der Waals surface area contributed by atoms with Gasteiger partial charge in [-0.2, -0.15) is 0 Å². The quantitative estimate of drug-likeness (QED) is 0.879. The van der Waals surface area contributed by atoms with Gasteiger partial charge in [0.25, 0.3) is 0 Å². The van der Waals surface area contributed by atoms with Gasteiger partial charge in [-0.1, -0.05) is 13.8 Å². The van der Waals surface area contributed by atoms with Crippen LogP contribution in [0.4, 0.5) is 11.4 Å². The number of carbonyl (C=O) groups is 1. The van der Waals surface area contributed by atoms with Gasteiger partial charge >= 0.3 is 0 Å². The second-order valence-corrected chi connectivity index (χ2v) is 6.60. The average molecular weight is 303 g/mol. The summed E-state index contributed by atoms with van der Waals surface area (Å²) in [5.74, 6) is 0.0202. The third-order valence-electron chi connectivity index (χ3n) is 3.13. The summed E-state index contributed by atoms with van der Waals surface area (Å²) in [6.45, 7) is 8.59. The fraction of sp³-hybridized carbons (Fsp3) is 0.375. The van der Waals surface area contributed by atoms with E-state index in [1.165, 1.54) is 4.88 Å². The monoisotopic (exact) mass is 303 g/mol. The zero-order valence-electron chi connectivity index (χ0n) is 12.9. The summed E-state index contributed by atoms with van der Waals surface area (Å²) >= 11 is 1.72. The van der Waals surface area contributed by atoms with Crippen LogP contribution in [-0.4, -0.2) is 10.9 Å². The van der Waals surface area contributed by atoms with Gasteiger partial charge in [0.05, 0.1) is 17.2 Å². The molecule has 0 unspecified atom stereocenters. The lowest BCUT2D eigenvalue weighted by Crippen LogP contribution is -2.17. The Morgan fingerprint density at radius 2 is 1.81 bits per heavy atom. The average Bonchev–Trinajstić information content (AvgIpc) is 2.76. The summed E-state index contributed by atoms with van der Waals surface area (Å²) in [6, 6.07) is 7.76. The molecule has 5 heteroatoms. The number of thiazole rings is 1. The zero-order chi connectivity index (χ0) is 15.4. The largest absolute Gasteiger partial charge is 0.380 e. The van der Waals surface area contributed by atoms with Crippen LogP contribution in [0.1, 0.15) is 29.4 Å². The maximum Gasteiger partial charge on any atom is 0.226 e. The summed E-state index contributed by atoms with van der Waals surface area (Å²) in [5, 5.41) is 7.35. The molecular formula is C16H21N3OS. The first kappa shape index (κ1) is 15.5. The van der Waals surface area contributed by atoms with Crippen LogP contribution in [0.3, 0.4) is 0 Å². The molecule has 21 heavy (non-hydrogen) atoms. The molecule has 0 atom stereocenters. The standard InChI is InChI=1S/C16H21N3OS/c1-10(2)16(20)19-14-7-5-13(6-8-14)17-9-15-11(3)18-12(4)21-15/h5-8,10,17H,9H2,1-4H3,(H,19,20). The molecule has 1 amide bonds. The van der Waals surface area contributed by atoms with Crippen molar-refractivity contribution in [3.63, 3.8) is 0 Å². The molecule has 2 aromatic rings. The number of hydrogen-bond acceptors (Lipinski definition) is 4. The molecule has 0 saturated carbocycles. The van der Waals surface area contributed by atoms with Gasteiger partial charge in [-0.3, -0.25) is 4.79 Å². The maximum atomic E-state index is 11.6. The molecule has 1 heterocycles. The molecule has 0 fully saturated rings. The van der Waals surface area contributed by atoms with Gasteiger partial charge in [-0.25, -0.2) is 4.98 Å². The zero-order valence-corrected chi connectivity index (χ0v) is 13.7. The lowest BCUT2D eigenvalue weighted by atomic mass is 10.2. The van der Waals surface area contributed by atoms with Crippen LogP contribution in [-0.2, 0) is 11.3 Å². The van der Waals surface area contributed by atoms with E-state index in [1.807, 2.05) is 52.0 Å². The molecule has 0 bridgehead atoms. The van der Waals surface area contributed by atoms with E-state index < -0.39 is 0 Å². The van der Waals surface area contributed by atoms with Crippen molar-refractivity contribution >= 4 is 28.6 Å². The van der Waals surface area contributed by atoms with Crippen LogP contribution in [0.25, 0.3) is 0 Å². The first-order valence-corrected chi connectivity index (χ1v) is 7.85. The normalized spacial score (nSPS) is 10.7. The van der Waals surface area contributed by atoms with E-state index in [0.29, 0.717) is 0 Å². The fourth-order valence-electron chi connectivity index (χ4n) is 1.88. The molecule has 1 aromatic heterocycles. The van der Waals surface area contributed by atoms with E-state index in [1.54, 1.807) is 11.3 Å². The Bertz CT molecular complexity index is 617. The van der Waals surface area contributed by atoms with Gasteiger partial charge in [0.1, 0.15) is 0 Å². The van der Waals surface area contributed by atoms with Crippen molar-refractivity contribution in [1.82, 2.24) is 4.98 Å². The topological polar surface area (TPSA) is 54.0 Å². The molecule has 2 N–H and O–H groups in total. The number of nitrogens with one attached hydrogen (secondary N) is 2. The molecule has 112 valence electrons. The van der Waals surface area contributed by atoms with Crippen molar-refractivity contribution in [1.29, 1.82) is 0 Å². The first-order valence-electron chi connectivity index (χ1n) is 7.03. The van der Waals surface area contributed by atoms with E-state index in [9.17, 15) is 4.79 Å². The number of nitrogens with zero attached hydrogens (tertiary/aromatic N) is 1. The molecule has 0 saturated heterocycles. The fourth-order valence-corrected chi connectivity index (χ4v) is 2.75.